The number of hydrogen-bond acceptors (Lipinski definition) is 4. The van der Waals surface area contributed by atoms with Crippen LogP contribution in [0.1, 0.15) is 7.43 Å². The predicted octanol–water partition coefficient (Wildman–Crippen LogP) is -0.0593. The molecule has 0 aromatic heterocycles. The van der Waals surface area contributed by atoms with Gasteiger partial charge in [-0.2, -0.15) is 0 Å². The van der Waals surface area contributed by atoms with Crippen LogP contribution >= 0.6 is 0 Å². The van der Waals surface area contributed by atoms with Crippen LogP contribution in [0.2, 0.25) is 0 Å². The summed E-state index contributed by atoms with van der Waals surface area (Å²) in [5.41, 5.74) is 0. The summed E-state index contributed by atoms with van der Waals surface area (Å²) in [6.45, 7) is 0. The Labute approximate surface area is 49.6 Å². The van der Waals surface area contributed by atoms with Crippen LogP contribution in [-0.2, 0) is 0 Å². The average molecular weight is 142 g/mol. The van der Waals surface area contributed by atoms with Crippen LogP contribution in [0.15, 0.2) is 0 Å². The molecule has 0 spiro atoms. The maximum Gasteiger partial charge on any atom is 0.291 e. The Morgan fingerprint density at radius 3 is 1.00 bits per heavy atom. The summed E-state index contributed by atoms with van der Waals surface area (Å²) in [6, 6.07) is 0. The molecule has 0 unspecified atom stereocenters. The topological polar surface area (TPSA) is 127 Å². The molecule has 0 heterocycles. The van der Waals surface area contributed by atoms with E-state index in [0.717, 1.165) is 0 Å². The zero-order valence-electron chi connectivity index (χ0n) is 3.42. The molecule has 0 bridgehead atoms. The summed E-state index contributed by atoms with van der Waals surface area (Å²) in [4.78, 5) is 16.7. The molecule has 0 fully saturated rings. The molecule has 0 atom stereocenters. The van der Waals surface area contributed by atoms with Crippen molar-refractivity contribution in [2.75, 3.05) is 0 Å². The summed E-state index contributed by atoms with van der Waals surface area (Å²) in [6.07, 6.45) is 0. The van der Waals surface area contributed by atoms with Gasteiger partial charge in [0.1, 0.15) is 0 Å². The first-order valence-corrected chi connectivity index (χ1v) is 1.13. The van der Waals surface area contributed by atoms with Crippen LogP contribution < -0.4 is 0 Å². The quantitative estimate of drug-likeness (QED) is 0.360. The smallest absolute Gasteiger partial charge is 0.291 e. The molecule has 0 saturated heterocycles. The maximum absolute atomic E-state index is 8.36. The first-order chi connectivity index (χ1) is 3.46. The standard InChI is InChI=1S/CH4.2HNO3/c;2*2-1(3)4/h1H4;2*(H,2,3,4). The highest BCUT2D eigenvalue weighted by Crippen LogP contribution is 1.38. The Kier molecular flexibility index (Phi) is 16.8. The fourth-order valence-corrected chi connectivity index (χ4v) is 0. The molecule has 0 aliphatic carbocycles. The van der Waals surface area contributed by atoms with Gasteiger partial charge < -0.3 is 10.4 Å². The summed E-state index contributed by atoms with van der Waals surface area (Å²) in [5.74, 6) is 0. The third kappa shape index (κ3) is 48.4. The maximum atomic E-state index is 8.36. The first kappa shape index (κ1) is 15.7. The molecule has 0 aliphatic heterocycles. The molecule has 8 heteroatoms. The van der Waals surface area contributed by atoms with E-state index in [2.05, 4.69) is 0 Å². The highest BCUT2D eigenvalue weighted by atomic mass is 16.9. The first-order valence-electron chi connectivity index (χ1n) is 1.13. The minimum absolute atomic E-state index is 0. The lowest BCUT2D eigenvalue weighted by molar-refractivity contribution is -0.742. The van der Waals surface area contributed by atoms with E-state index in [0.29, 0.717) is 0 Å². The van der Waals surface area contributed by atoms with Crippen LogP contribution in [0, 0.1) is 20.2 Å². The monoisotopic (exact) mass is 142 g/mol. The summed E-state index contributed by atoms with van der Waals surface area (Å²) >= 11 is 0. The van der Waals surface area contributed by atoms with E-state index in [9.17, 15) is 0 Å². The van der Waals surface area contributed by atoms with Crippen molar-refractivity contribution >= 4 is 0 Å². The molecule has 8 nitrogen and oxygen atoms in total. The van der Waals surface area contributed by atoms with Crippen molar-refractivity contribution in [2.45, 2.75) is 7.43 Å². The van der Waals surface area contributed by atoms with Gasteiger partial charge in [0.2, 0.25) is 0 Å². The molecule has 0 aromatic rings. The van der Waals surface area contributed by atoms with Crippen LogP contribution in [0.25, 0.3) is 0 Å². The average Bonchev–Trinajstić information content (AvgIpc) is 1.25. The van der Waals surface area contributed by atoms with Crippen molar-refractivity contribution in [2.24, 2.45) is 0 Å². The second-order valence-corrected chi connectivity index (χ2v) is 0.476. The molecule has 0 aliphatic rings. The van der Waals surface area contributed by atoms with Crippen molar-refractivity contribution in [1.29, 1.82) is 0 Å². The fraction of sp³-hybridized carbons (Fsp3) is 1.00. The number of rotatable bonds is 0. The molecular weight excluding hydrogens is 136 g/mol. The van der Waals surface area contributed by atoms with Gasteiger partial charge in [0, 0.05) is 0 Å². The van der Waals surface area contributed by atoms with E-state index in [4.69, 9.17) is 30.6 Å². The molecule has 0 radical (unpaired) electrons. The van der Waals surface area contributed by atoms with Crippen molar-refractivity contribution in [1.82, 2.24) is 0 Å². The van der Waals surface area contributed by atoms with Gasteiger partial charge in [0.15, 0.2) is 0 Å². The van der Waals surface area contributed by atoms with Gasteiger partial charge in [-0.3, -0.25) is 0 Å². The third-order valence-corrected chi connectivity index (χ3v) is 0. The van der Waals surface area contributed by atoms with Gasteiger partial charge >= 0.3 is 0 Å². The minimum atomic E-state index is -1.50. The van der Waals surface area contributed by atoms with Gasteiger partial charge in [-0.15, -0.1) is 20.2 Å². The van der Waals surface area contributed by atoms with Crippen molar-refractivity contribution in [3.8, 4) is 0 Å². The lowest BCUT2D eigenvalue weighted by Gasteiger charge is -1.56. The molecule has 9 heavy (non-hydrogen) atoms. The molecule has 0 aromatic carbocycles. The number of nitrogens with zero attached hydrogens (tertiary/aromatic N) is 2. The van der Waals surface area contributed by atoms with Crippen molar-refractivity contribution < 1.29 is 20.6 Å². The lowest BCUT2D eigenvalue weighted by atomic mass is 12.0. The Bertz CT molecular complexity index is 69.1. The second kappa shape index (κ2) is 9.64. The SMILES string of the molecule is C.O=[N+]([O-])O.O=[N+]([O-])O. The summed E-state index contributed by atoms with van der Waals surface area (Å²) in [5, 5.41) is 27.3. The van der Waals surface area contributed by atoms with Gasteiger partial charge in [0.05, 0.1) is 0 Å². The van der Waals surface area contributed by atoms with E-state index >= 15 is 0 Å². The van der Waals surface area contributed by atoms with Gasteiger partial charge in [-0.25, -0.2) is 0 Å². The van der Waals surface area contributed by atoms with Crippen LogP contribution in [0.5, 0.6) is 0 Å². The zero-order valence-corrected chi connectivity index (χ0v) is 3.42. The van der Waals surface area contributed by atoms with E-state index < -0.39 is 10.2 Å². The minimum Gasteiger partial charge on any atom is -0.328 e. The van der Waals surface area contributed by atoms with Gasteiger partial charge in [-0.05, 0) is 0 Å². The summed E-state index contributed by atoms with van der Waals surface area (Å²) in [7, 11) is 0. The Morgan fingerprint density at radius 1 is 1.00 bits per heavy atom. The van der Waals surface area contributed by atoms with E-state index in [1.165, 1.54) is 0 Å². The highest BCUT2D eigenvalue weighted by molar-refractivity contribution is 3.83. The molecule has 0 saturated carbocycles. The second-order valence-electron chi connectivity index (χ2n) is 0.476. The van der Waals surface area contributed by atoms with E-state index in [1.807, 2.05) is 0 Å². The largest absolute Gasteiger partial charge is 0.328 e. The van der Waals surface area contributed by atoms with Crippen LogP contribution in [0.3, 0.4) is 0 Å². The Hall–Kier alpha value is -1.60. The summed E-state index contributed by atoms with van der Waals surface area (Å²) < 4.78 is 0. The Morgan fingerprint density at radius 2 is 1.00 bits per heavy atom. The molecular formula is CH6N2O6. The molecule has 56 valence electrons. The van der Waals surface area contributed by atoms with Crippen LogP contribution in [-0.4, -0.2) is 20.6 Å². The molecule has 0 rings (SSSR count). The Balaban J connectivity index is -0.0000000720. The number of hydrogen-bond donors (Lipinski definition) is 2. The van der Waals surface area contributed by atoms with E-state index in [1.54, 1.807) is 0 Å². The fourth-order valence-electron chi connectivity index (χ4n) is 0. The van der Waals surface area contributed by atoms with Gasteiger partial charge in [-0.1, -0.05) is 7.43 Å². The van der Waals surface area contributed by atoms with Crippen LogP contribution in [0.4, 0.5) is 0 Å². The highest BCUT2D eigenvalue weighted by Gasteiger charge is 1.65. The predicted molar refractivity (Wildman–Crippen MR) is 24.3 cm³/mol. The van der Waals surface area contributed by atoms with Gasteiger partial charge in [0.25, 0.3) is 10.2 Å². The lowest BCUT2D eigenvalue weighted by Crippen LogP contribution is -1.81. The molecule has 2 N–H and O–H groups in total. The molecule has 0 amide bonds. The van der Waals surface area contributed by atoms with Crippen molar-refractivity contribution in [3.05, 3.63) is 20.2 Å². The van der Waals surface area contributed by atoms with E-state index in [-0.39, 0.29) is 7.43 Å². The zero-order chi connectivity index (χ0) is 7.15. The normalized spacial score (nSPS) is 5.33. The van der Waals surface area contributed by atoms with Crippen molar-refractivity contribution in [3.63, 3.8) is 0 Å². The third-order valence-electron chi connectivity index (χ3n) is 0.